The molecule has 0 aliphatic carbocycles. The highest BCUT2D eigenvalue weighted by atomic mass is 35.5. The predicted octanol–water partition coefficient (Wildman–Crippen LogP) is 5.38. The first kappa shape index (κ1) is 17.2. The normalized spacial score (nSPS) is 11.5. The van der Waals surface area contributed by atoms with Crippen LogP contribution in [0.5, 0.6) is 0 Å². The molecule has 5 heteroatoms. The lowest BCUT2D eigenvalue weighted by Gasteiger charge is -2.23. The van der Waals surface area contributed by atoms with Crippen LogP contribution in [-0.4, -0.2) is 16.1 Å². The highest BCUT2D eigenvalue weighted by molar-refractivity contribution is 6.31. The Kier molecular flexibility index (Phi) is 4.64. The summed E-state index contributed by atoms with van der Waals surface area (Å²) in [7, 11) is 0. The maximum atomic E-state index is 11.0. The van der Waals surface area contributed by atoms with E-state index < -0.39 is 11.4 Å². The van der Waals surface area contributed by atoms with Crippen LogP contribution in [0.25, 0.3) is 10.9 Å². The van der Waals surface area contributed by atoms with Crippen LogP contribution in [0.1, 0.15) is 25.8 Å². The van der Waals surface area contributed by atoms with Gasteiger partial charge in [0.05, 0.1) is 11.9 Å². The van der Waals surface area contributed by atoms with E-state index >= 15 is 0 Å². The Bertz CT molecular complexity index is 921. The molecule has 25 heavy (non-hydrogen) atoms. The van der Waals surface area contributed by atoms with E-state index in [1.54, 1.807) is 6.20 Å². The van der Waals surface area contributed by atoms with Gasteiger partial charge in [0.2, 0.25) is 0 Å². The highest BCUT2D eigenvalue weighted by Crippen LogP contribution is 2.30. The van der Waals surface area contributed by atoms with Crippen molar-refractivity contribution in [2.75, 3.05) is 5.32 Å². The molecule has 0 aliphatic rings. The van der Waals surface area contributed by atoms with Gasteiger partial charge in [-0.1, -0.05) is 37.6 Å². The van der Waals surface area contributed by atoms with Crippen molar-refractivity contribution in [3.63, 3.8) is 0 Å². The molecule has 0 saturated heterocycles. The Morgan fingerprint density at radius 1 is 1.16 bits per heavy atom. The molecule has 0 unspecified atom stereocenters. The van der Waals surface area contributed by atoms with Crippen molar-refractivity contribution in [1.29, 1.82) is 0 Å². The number of aromatic nitrogens is 1. The Balaban J connectivity index is 1.86. The zero-order valence-electron chi connectivity index (χ0n) is 14.1. The number of carbonyl (C=O) groups is 1. The van der Waals surface area contributed by atoms with Crippen LogP contribution in [0.2, 0.25) is 5.02 Å². The Labute approximate surface area is 151 Å². The van der Waals surface area contributed by atoms with Crippen molar-refractivity contribution in [3.8, 4) is 0 Å². The number of aliphatic carboxylic acids is 1. The molecule has 0 bridgehead atoms. The summed E-state index contributed by atoms with van der Waals surface area (Å²) in [5, 5.41) is 14.1. The Hall–Kier alpha value is -2.59. The summed E-state index contributed by atoms with van der Waals surface area (Å²) < 4.78 is 0. The number of hydrogen-bond donors (Lipinski definition) is 2. The number of fused-ring (bicyclic) bond motifs is 1. The van der Waals surface area contributed by atoms with Gasteiger partial charge in [0.1, 0.15) is 0 Å². The molecule has 2 N–H and O–H groups in total. The molecule has 3 rings (SSSR count). The van der Waals surface area contributed by atoms with Crippen LogP contribution in [0.15, 0.2) is 54.7 Å². The number of nitrogens with zero attached hydrogens (tertiary/aromatic N) is 1. The van der Waals surface area contributed by atoms with Gasteiger partial charge in [-0.25, -0.2) is 0 Å². The smallest absolute Gasteiger partial charge is 0.304 e. The van der Waals surface area contributed by atoms with Gasteiger partial charge >= 0.3 is 5.97 Å². The Morgan fingerprint density at radius 2 is 1.88 bits per heavy atom. The summed E-state index contributed by atoms with van der Waals surface area (Å²) in [4.78, 5) is 15.4. The topological polar surface area (TPSA) is 62.2 Å². The zero-order chi connectivity index (χ0) is 18.0. The molecule has 0 fully saturated rings. The first-order chi connectivity index (χ1) is 11.8. The first-order valence-corrected chi connectivity index (χ1v) is 8.36. The summed E-state index contributed by atoms with van der Waals surface area (Å²) >= 11 is 6.03. The van der Waals surface area contributed by atoms with Crippen LogP contribution in [-0.2, 0) is 10.2 Å². The average Bonchev–Trinajstić information content (AvgIpc) is 2.54. The fourth-order valence-corrected chi connectivity index (χ4v) is 3.04. The summed E-state index contributed by atoms with van der Waals surface area (Å²) in [6.07, 6.45) is 1.83. The molecular formula is C20H19ClN2O2. The highest BCUT2D eigenvalue weighted by Gasteiger charge is 2.23. The van der Waals surface area contributed by atoms with E-state index in [-0.39, 0.29) is 6.42 Å². The van der Waals surface area contributed by atoms with E-state index in [1.807, 2.05) is 62.4 Å². The number of benzene rings is 2. The van der Waals surface area contributed by atoms with Crippen molar-refractivity contribution >= 4 is 39.8 Å². The molecule has 0 radical (unpaired) electrons. The van der Waals surface area contributed by atoms with Crippen LogP contribution >= 0.6 is 11.6 Å². The number of rotatable bonds is 5. The molecule has 1 heterocycles. The molecule has 0 atom stereocenters. The van der Waals surface area contributed by atoms with Gasteiger partial charge in [0.15, 0.2) is 0 Å². The fourth-order valence-electron chi connectivity index (χ4n) is 2.87. The third kappa shape index (κ3) is 3.91. The SMILES string of the molecule is CC(C)(CC(=O)O)c1ccc(Nc2ccnc3cc(Cl)ccc23)cc1. The summed E-state index contributed by atoms with van der Waals surface area (Å²) in [6.45, 7) is 3.87. The van der Waals surface area contributed by atoms with E-state index in [2.05, 4.69) is 10.3 Å². The lowest BCUT2D eigenvalue weighted by molar-refractivity contribution is -0.138. The minimum absolute atomic E-state index is 0.0928. The number of carboxylic acids is 1. The largest absolute Gasteiger partial charge is 0.481 e. The first-order valence-electron chi connectivity index (χ1n) is 7.99. The molecule has 128 valence electrons. The maximum Gasteiger partial charge on any atom is 0.304 e. The molecule has 3 aromatic rings. The second kappa shape index (κ2) is 6.73. The molecule has 0 amide bonds. The lowest BCUT2D eigenvalue weighted by Crippen LogP contribution is -2.21. The molecule has 2 aromatic carbocycles. The van der Waals surface area contributed by atoms with Crippen molar-refractivity contribution in [3.05, 3.63) is 65.3 Å². The van der Waals surface area contributed by atoms with Crippen LogP contribution in [0.3, 0.4) is 0 Å². The van der Waals surface area contributed by atoms with Crippen molar-refractivity contribution in [2.24, 2.45) is 0 Å². The van der Waals surface area contributed by atoms with E-state index in [0.717, 1.165) is 27.8 Å². The molecule has 1 aromatic heterocycles. The van der Waals surface area contributed by atoms with Gasteiger partial charge in [-0.3, -0.25) is 9.78 Å². The summed E-state index contributed by atoms with van der Waals surface area (Å²) in [5.41, 5.74) is 3.28. The summed E-state index contributed by atoms with van der Waals surface area (Å²) in [5.74, 6) is -0.797. The number of halogens is 1. The average molecular weight is 355 g/mol. The second-order valence-corrected chi connectivity index (χ2v) is 7.11. The number of hydrogen-bond acceptors (Lipinski definition) is 3. The van der Waals surface area contributed by atoms with Gasteiger partial charge in [-0.2, -0.15) is 0 Å². The third-order valence-corrected chi connectivity index (χ3v) is 4.48. The maximum absolute atomic E-state index is 11.0. The summed E-state index contributed by atoms with van der Waals surface area (Å²) in [6, 6.07) is 15.4. The number of anilines is 2. The van der Waals surface area contributed by atoms with E-state index in [1.165, 1.54) is 0 Å². The van der Waals surface area contributed by atoms with Crippen molar-refractivity contribution in [1.82, 2.24) is 4.98 Å². The lowest BCUT2D eigenvalue weighted by atomic mass is 9.81. The standard InChI is InChI=1S/C20H19ClN2O2/c1-20(2,12-19(24)25)13-3-6-15(7-4-13)23-17-9-10-22-18-11-14(21)5-8-16(17)18/h3-11H,12H2,1-2H3,(H,22,23)(H,24,25). The number of nitrogens with one attached hydrogen (secondary N) is 1. The second-order valence-electron chi connectivity index (χ2n) is 6.68. The van der Waals surface area contributed by atoms with Gasteiger partial charge in [0, 0.05) is 33.4 Å². The fraction of sp³-hybridized carbons (Fsp3) is 0.200. The van der Waals surface area contributed by atoms with Gasteiger partial charge in [-0.15, -0.1) is 0 Å². The van der Waals surface area contributed by atoms with Crippen LogP contribution in [0, 0.1) is 0 Å². The minimum atomic E-state index is -0.797. The van der Waals surface area contributed by atoms with Crippen LogP contribution < -0.4 is 5.32 Å². The number of carboxylic acid groups (broad SMARTS) is 1. The molecule has 4 nitrogen and oxygen atoms in total. The van der Waals surface area contributed by atoms with Gasteiger partial charge < -0.3 is 10.4 Å². The third-order valence-electron chi connectivity index (χ3n) is 4.24. The van der Waals surface area contributed by atoms with Crippen LogP contribution in [0.4, 0.5) is 11.4 Å². The van der Waals surface area contributed by atoms with Crippen molar-refractivity contribution < 1.29 is 9.90 Å². The molecule has 0 saturated carbocycles. The van der Waals surface area contributed by atoms with E-state index in [0.29, 0.717) is 5.02 Å². The van der Waals surface area contributed by atoms with E-state index in [9.17, 15) is 4.79 Å². The predicted molar refractivity (Wildman–Crippen MR) is 102 cm³/mol. The van der Waals surface area contributed by atoms with Gasteiger partial charge in [0.25, 0.3) is 0 Å². The van der Waals surface area contributed by atoms with Gasteiger partial charge in [-0.05, 0) is 42.0 Å². The quantitative estimate of drug-likeness (QED) is 0.645. The van der Waals surface area contributed by atoms with E-state index in [4.69, 9.17) is 16.7 Å². The monoisotopic (exact) mass is 354 g/mol. The Morgan fingerprint density at radius 3 is 2.56 bits per heavy atom. The minimum Gasteiger partial charge on any atom is -0.481 e. The number of pyridine rings is 1. The molecule has 0 aliphatic heterocycles. The zero-order valence-corrected chi connectivity index (χ0v) is 14.8. The molecule has 0 spiro atoms. The molecular weight excluding hydrogens is 336 g/mol. The van der Waals surface area contributed by atoms with Crippen molar-refractivity contribution in [2.45, 2.75) is 25.7 Å².